The Bertz CT molecular complexity index is 404. The van der Waals surface area contributed by atoms with Crippen LogP contribution in [0.25, 0.3) is 0 Å². The van der Waals surface area contributed by atoms with Crippen LogP contribution in [0.15, 0.2) is 12.4 Å². The smallest absolute Gasteiger partial charge is 0.347 e. The van der Waals surface area contributed by atoms with Gasteiger partial charge in [0.05, 0.1) is 18.1 Å². The highest BCUT2D eigenvalue weighted by Gasteiger charge is 2.27. The lowest BCUT2D eigenvalue weighted by Crippen LogP contribution is -2.36. The molecular formula is C9H12F3N5O. The maximum absolute atomic E-state index is 11.8. The summed E-state index contributed by atoms with van der Waals surface area (Å²) in [6, 6.07) is -0.964. The van der Waals surface area contributed by atoms with E-state index in [1.807, 2.05) is 0 Å². The van der Waals surface area contributed by atoms with Crippen LogP contribution < -0.4 is 15.5 Å². The summed E-state index contributed by atoms with van der Waals surface area (Å²) in [5.41, 5.74) is 0.209. The monoisotopic (exact) mass is 263 g/mol. The van der Waals surface area contributed by atoms with E-state index in [4.69, 9.17) is 0 Å². The number of rotatable bonds is 3. The summed E-state index contributed by atoms with van der Waals surface area (Å²) in [4.78, 5) is 20.5. The molecule has 18 heavy (non-hydrogen) atoms. The number of aromatic nitrogens is 2. The second-order valence-corrected chi connectivity index (χ2v) is 3.59. The molecule has 1 aromatic rings. The molecule has 0 aliphatic rings. The van der Waals surface area contributed by atoms with Crippen LogP contribution in [0.1, 0.15) is 0 Å². The Hall–Kier alpha value is -2.06. The van der Waals surface area contributed by atoms with E-state index in [-0.39, 0.29) is 5.69 Å². The van der Waals surface area contributed by atoms with E-state index in [9.17, 15) is 18.0 Å². The molecule has 1 aromatic heterocycles. The molecule has 0 aliphatic heterocycles. The highest BCUT2D eigenvalue weighted by atomic mass is 19.4. The molecule has 0 saturated carbocycles. The van der Waals surface area contributed by atoms with Crippen molar-refractivity contribution in [2.24, 2.45) is 0 Å². The van der Waals surface area contributed by atoms with E-state index in [1.54, 1.807) is 24.3 Å². The normalized spacial score (nSPS) is 10.9. The van der Waals surface area contributed by atoms with Gasteiger partial charge in [-0.3, -0.25) is 0 Å². The molecule has 0 fully saturated rings. The maximum atomic E-state index is 11.8. The fourth-order valence-electron chi connectivity index (χ4n) is 0.973. The van der Waals surface area contributed by atoms with Crippen molar-refractivity contribution in [3.05, 3.63) is 12.4 Å². The van der Waals surface area contributed by atoms with Gasteiger partial charge in [-0.15, -0.1) is 0 Å². The number of carbonyl (C=O) groups is 1. The molecule has 0 saturated heterocycles. The van der Waals surface area contributed by atoms with Crippen LogP contribution in [0.4, 0.5) is 29.6 Å². The number of alkyl halides is 3. The quantitative estimate of drug-likeness (QED) is 0.860. The number of hydrogen-bond acceptors (Lipinski definition) is 4. The van der Waals surface area contributed by atoms with Crippen molar-refractivity contribution < 1.29 is 18.0 Å². The largest absolute Gasteiger partial charge is 0.405 e. The van der Waals surface area contributed by atoms with Crippen LogP contribution in [0, 0.1) is 0 Å². The van der Waals surface area contributed by atoms with Gasteiger partial charge in [-0.05, 0) is 0 Å². The van der Waals surface area contributed by atoms with Crippen LogP contribution in [0.3, 0.4) is 0 Å². The highest BCUT2D eigenvalue weighted by molar-refractivity contribution is 5.88. The Balaban J connectivity index is 2.50. The van der Waals surface area contributed by atoms with Crippen molar-refractivity contribution in [2.75, 3.05) is 30.9 Å². The number of anilines is 2. The van der Waals surface area contributed by atoms with Gasteiger partial charge < -0.3 is 15.5 Å². The number of carbonyl (C=O) groups excluding carboxylic acids is 1. The summed E-state index contributed by atoms with van der Waals surface area (Å²) in [6.45, 7) is -1.39. The fourth-order valence-corrected chi connectivity index (χ4v) is 0.973. The summed E-state index contributed by atoms with van der Waals surface area (Å²) in [6.07, 6.45) is -1.84. The third kappa shape index (κ3) is 4.85. The second kappa shape index (κ2) is 5.52. The molecule has 1 rings (SSSR count). The highest BCUT2D eigenvalue weighted by Crippen LogP contribution is 2.12. The van der Waals surface area contributed by atoms with Gasteiger partial charge >= 0.3 is 12.2 Å². The van der Waals surface area contributed by atoms with Crippen LogP contribution in [-0.4, -0.2) is 42.8 Å². The lowest BCUT2D eigenvalue weighted by atomic mass is 10.5. The molecule has 0 bridgehead atoms. The minimum absolute atomic E-state index is 0.209. The van der Waals surface area contributed by atoms with Gasteiger partial charge in [-0.2, -0.15) is 13.2 Å². The van der Waals surface area contributed by atoms with Crippen molar-refractivity contribution in [1.29, 1.82) is 0 Å². The van der Waals surface area contributed by atoms with Crippen molar-refractivity contribution in [3.63, 3.8) is 0 Å². The summed E-state index contributed by atoms with van der Waals surface area (Å²) in [7, 11) is 3.47. The van der Waals surface area contributed by atoms with Gasteiger partial charge in [0, 0.05) is 14.1 Å². The van der Waals surface area contributed by atoms with Crippen molar-refractivity contribution >= 4 is 17.7 Å². The van der Waals surface area contributed by atoms with E-state index in [0.29, 0.717) is 5.95 Å². The molecule has 100 valence electrons. The van der Waals surface area contributed by atoms with Crippen LogP contribution in [0.5, 0.6) is 0 Å². The number of hydrogen-bond donors (Lipinski definition) is 2. The molecule has 9 heteroatoms. The van der Waals surface area contributed by atoms with E-state index in [1.165, 1.54) is 12.4 Å². The minimum Gasteiger partial charge on any atom is -0.347 e. The lowest BCUT2D eigenvalue weighted by molar-refractivity contribution is -0.122. The van der Waals surface area contributed by atoms with Crippen molar-refractivity contribution in [3.8, 4) is 0 Å². The maximum Gasteiger partial charge on any atom is 0.405 e. The first-order valence-corrected chi connectivity index (χ1v) is 4.89. The van der Waals surface area contributed by atoms with Gasteiger partial charge in [0.25, 0.3) is 0 Å². The van der Waals surface area contributed by atoms with E-state index < -0.39 is 18.8 Å². The first-order chi connectivity index (χ1) is 8.28. The third-order valence-corrected chi connectivity index (χ3v) is 1.75. The Kier molecular flexibility index (Phi) is 4.29. The molecule has 0 aromatic carbocycles. The van der Waals surface area contributed by atoms with Crippen LogP contribution in [-0.2, 0) is 0 Å². The molecule has 0 atom stereocenters. The molecule has 0 spiro atoms. The minimum atomic E-state index is -4.44. The molecule has 2 N–H and O–H groups in total. The molecular weight excluding hydrogens is 251 g/mol. The molecule has 6 nitrogen and oxygen atoms in total. The summed E-state index contributed by atoms with van der Waals surface area (Å²) in [5.74, 6) is 0.427. The van der Waals surface area contributed by atoms with Gasteiger partial charge in [0.2, 0.25) is 5.95 Å². The molecule has 2 amide bonds. The average molecular weight is 263 g/mol. The molecule has 1 heterocycles. The summed E-state index contributed by atoms with van der Waals surface area (Å²) >= 11 is 0. The molecule has 0 unspecified atom stereocenters. The number of urea groups is 1. The standard InChI is InChI=1S/C9H12F3N5O/c1-17(2)7-13-3-6(4-14-7)16-8(18)15-5-9(10,11)12/h3-4H,5H2,1-2H3,(H2,15,16,18). The van der Waals surface area contributed by atoms with Crippen LogP contribution >= 0.6 is 0 Å². The van der Waals surface area contributed by atoms with Gasteiger partial charge in [-0.25, -0.2) is 14.8 Å². The topological polar surface area (TPSA) is 70.2 Å². The van der Waals surface area contributed by atoms with Crippen molar-refractivity contribution in [2.45, 2.75) is 6.18 Å². The Morgan fingerprint density at radius 1 is 1.33 bits per heavy atom. The zero-order valence-corrected chi connectivity index (χ0v) is 9.75. The predicted octanol–water partition coefficient (Wildman–Crippen LogP) is 1.23. The lowest BCUT2D eigenvalue weighted by Gasteiger charge is -2.11. The number of halogens is 3. The van der Waals surface area contributed by atoms with Crippen molar-refractivity contribution in [1.82, 2.24) is 15.3 Å². The van der Waals surface area contributed by atoms with E-state index in [0.717, 1.165) is 0 Å². The van der Waals surface area contributed by atoms with Gasteiger partial charge in [-0.1, -0.05) is 0 Å². The number of nitrogens with one attached hydrogen (secondary N) is 2. The third-order valence-electron chi connectivity index (χ3n) is 1.75. The zero-order chi connectivity index (χ0) is 13.8. The first-order valence-electron chi connectivity index (χ1n) is 4.89. The Labute approximate surface area is 101 Å². The SMILES string of the molecule is CN(C)c1ncc(NC(=O)NCC(F)(F)F)cn1. The first kappa shape index (κ1) is 14.0. The average Bonchev–Trinajstić information content (AvgIpc) is 2.26. The van der Waals surface area contributed by atoms with E-state index in [2.05, 4.69) is 15.3 Å². The zero-order valence-electron chi connectivity index (χ0n) is 9.75. The molecule has 0 radical (unpaired) electrons. The fraction of sp³-hybridized carbons (Fsp3) is 0.444. The second-order valence-electron chi connectivity index (χ2n) is 3.59. The van der Waals surface area contributed by atoms with Gasteiger partial charge in [0.1, 0.15) is 6.54 Å². The number of amides is 2. The predicted molar refractivity (Wildman–Crippen MR) is 59.4 cm³/mol. The van der Waals surface area contributed by atoms with E-state index >= 15 is 0 Å². The summed E-state index contributed by atoms with van der Waals surface area (Å²) in [5, 5.41) is 3.85. The number of nitrogens with zero attached hydrogens (tertiary/aromatic N) is 3. The van der Waals surface area contributed by atoms with Crippen LogP contribution in [0.2, 0.25) is 0 Å². The van der Waals surface area contributed by atoms with Gasteiger partial charge in [0.15, 0.2) is 0 Å². The summed E-state index contributed by atoms with van der Waals surface area (Å²) < 4.78 is 35.5. The Morgan fingerprint density at radius 3 is 2.33 bits per heavy atom. The molecule has 0 aliphatic carbocycles. The Morgan fingerprint density at radius 2 is 1.89 bits per heavy atom.